The minimum atomic E-state index is -0.829. The Kier molecular flexibility index (Phi) is 10.1. The molecule has 8 rings (SSSR count). The second-order valence-corrected chi connectivity index (χ2v) is 23.2. The maximum absolute atomic E-state index is 14.5. The Labute approximate surface area is 352 Å². The molecule has 1 amide bonds. The summed E-state index contributed by atoms with van der Waals surface area (Å²) in [5.41, 5.74) is 1.96. The van der Waals surface area contributed by atoms with Gasteiger partial charge in [-0.05, 0) is 139 Å². The van der Waals surface area contributed by atoms with Crippen LogP contribution in [0, 0.1) is 68.0 Å². The summed E-state index contributed by atoms with van der Waals surface area (Å²) in [7, 11) is 0. The molecule has 8 heteroatoms. The molecule has 6 saturated carbocycles. The number of carboxylic acids is 1. The summed E-state index contributed by atoms with van der Waals surface area (Å²) in [6, 6.07) is 8.00. The number of nitrogens with one attached hydrogen (secondary N) is 1. The van der Waals surface area contributed by atoms with Gasteiger partial charge in [-0.1, -0.05) is 104 Å². The lowest BCUT2D eigenvalue weighted by atomic mass is 9.33. The first-order valence-electron chi connectivity index (χ1n) is 22.8. The zero-order valence-corrected chi connectivity index (χ0v) is 37.6. The monoisotopic (exact) mass is 815 g/mol. The van der Waals surface area contributed by atoms with Crippen LogP contribution in [-0.2, 0) is 29.5 Å². The number of rotatable bonds is 8. The molecule has 0 radical (unpaired) electrons. The molecule has 1 unspecified atom stereocenters. The number of ketones is 1. The number of carbonyl (C=O) groups is 4. The number of carboxylic acid groups (broad SMARTS) is 1. The van der Waals surface area contributed by atoms with Crippen molar-refractivity contribution < 1.29 is 29.0 Å². The highest BCUT2D eigenvalue weighted by molar-refractivity contribution is 6.30. The maximum atomic E-state index is 14.5. The van der Waals surface area contributed by atoms with Gasteiger partial charge in [0.25, 0.3) is 0 Å². The average Bonchev–Trinajstić information content (AvgIpc) is 3.71. The number of aliphatic carboxylic acids is 1. The molecule has 0 saturated heterocycles. The Morgan fingerprint density at radius 2 is 1.48 bits per heavy atom. The van der Waals surface area contributed by atoms with Crippen molar-refractivity contribution in [1.29, 1.82) is 0 Å². The summed E-state index contributed by atoms with van der Waals surface area (Å²) in [6.45, 7) is 20.5. The van der Waals surface area contributed by atoms with Crippen molar-refractivity contribution in [2.75, 3.05) is 0 Å². The first-order valence-corrected chi connectivity index (χ1v) is 23.2. The Morgan fingerprint density at radius 1 is 0.810 bits per heavy atom. The van der Waals surface area contributed by atoms with E-state index in [0.717, 1.165) is 88.2 Å². The molecule has 0 aromatic heterocycles. The fraction of sp³-hybridized carbons (Fsp3) is 0.760. The van der Waals surface area contributed by atoms with Crippen LogP contribution in [0.4, 0.5) is 0 Å². The van der Waals surface area contributed by atoms with Gasteiger partial charge in [0, 0.05) is 28.7 Å². The largest absolute Gasteiger partial charge is 0.481 e. The molecule has 0 bridgehead atoms. The smallest absolute Gasteiger partial charge is 0.309 e. The third kappa shape index (κ3) is 5.98. The van der Waals surface area contributed by atoms with E-state index in [9.17, 15) is 24.3 Å². The van der Waals surface area contributed by atoms with Gasteiger partial charge < -0.3 is 15.2 Å². The summed E-state index contributed by atoms with van der Waals surface area (Å²) in [4.78, 5) is 54.3. The van der Waals surface area contributed by atoms with Gasteiger partial charge in [-0.25, -0.2) is 0 Å². The number of hydrogen-bond donors (Lipinski definition) is 2. The molecular formula is C50H70ClNO6. The summed E-state index contributed by atoms with van der Waals surface area (Å²) in [6.07, 6.45) is 13.0. The highest BCUT2D eigenvalue weighted by atomic mass is 35.5. The van der Waals surface area contributed by atoms with E-state index in [1.165, 1.54) is 5.57 Å². The molecule has 318 valence electrons. The van der Waals surface area contributed by atoms with Gasteiger partial charge in [-0.15, -0.1) is 0 Å². The van der Waals surface area contributed by atoms with Crippen LogP contribution in [0.5, 0.6) is 0 Å². The van der Waals surface area contributed by atoms with E-state index < -0.39 is 28.3 Å². The Hall–Kier alpha value is -2.67. The van der Waals surface area contributed by atoms with Crippen LogP contribution in [0.15, 0.2) is 35.4 Å². The van der Waals surface area contributed by atoms with Crippen LogP contribution in [-0.4, -0.2) is 34.8 Å². The molecule has 0 spiro atoms. The zero-order chi connectivity index (χ0) is 42.0. The van der Waals surface area contributed by atoms with Crippen molar-refractivity contribution in [3.8, 4) is 0 Å². The number of halogens is 1. The standard InChI is InChI=1S/C50H70ClNO6/c1-29(2)40-35(53)27-49(28-39(54)52-50(20-10-11-21-50)30-12-14-31(51)15-13-30)25-24-47(8)32(41(40)49)16-17-37-46(7)22-19-38(45(5,6)36(46)18-23-48(37,47)9)58-43(57)34-26-33(42(55)56)44(34,3)4/h12-15,29,32-34,36-38H,10-11,16-28H2,1-9H3,(H,52,54)(H,55,56)/t32?,33-,34+,36-,37+,38-,46-,47+,48+,49-/m0/s1. The number of esters is 1. The lowest BCUT2D eigenvalue weighted by Crippen LogP contribution is -2.66. The molecule has 58 heavy (non-hydrogen) atoms. The summed E-state index contributed by atoms with van der Waals surface area (Å²) in [5, 5.41) is 14.0. The van der Waals surface area contributed by atoms with Crippen molar-refractivity contribution >= 4 is 35.2 Å². The van der Waals surface area contributed by atoms with Crippen LogP contribution >= 0.6 is 11.6 Å². The van der Waals surface area contributed by atoms with Crippen LogP contribution < -0.4 is 5.32 Å². The van der Waals surface area contributed by atoms with Crippen LogP contribution in [0.3, 0.4) is 0 Å². The maximum Gasteiger partial charge on any atom is 0.309 e. The molecule has 7 nitrogen and oxygen atoms in total. The average molecular weight is 817 g/mol. The lowest BCUT2D eigenvalue weighted by molar-refractivity contribution is -0.236. The molecule has 1 aromatic carbocycles. The van der Waals surface area contributed by atoms with Crippen molar-refractivity contribution in [3.05, 3.63) is 46.0 Å². The summed E-state index contributed by atoms with van der Waals surface area (Å²) < 4.78 is 6.44. The van der Waals surface area contributed by atoms with E-state index in [1.54, 1.807) is 0 Å². The molecule has 6 fully saturated rings. The predicted molar refractivity (Wildman–Crippen MR) is 227 cm³/mol. The number of benzene rings is 1. The van der Waals surface area contributed by atoms with Gasteiger partial charge in [0.1, 0.15) is 6.10 Å². The van der Waals surface area contributed by atoms with Crippen LogP contribution in [0.1, 0.15) is 164 Å². The molecule has 7 aliphatic rings. The second kappa shape index (κ2) is 13.9. The lowest BCUT2D eigenvalue weighted by Gasteiger charge is -2.72. The normalized spacial score (nSPS) is 40.8. The molecule has 10 atom stereocenters. The van der Waals surface area contributed by atoms with E-state index in [2.05, 4.69) is 65.9 Å². The number of allylic oxidation sites excluding steroid dienone is 2. The number of carbonyl (C=O) groups excluding carboxylic acids is 3. The van der Waals surface area contributed by atoms with Crippen molar-refractivity contribution in [2.24, 2.45) is 68.0 Å². The number of ether oxygens (including phenoxy) is 1. The van der Waals surface area contributed by atoms with E-state index >= 15 is 0 Å². The van der Waals surface area contributed by atoms with E-state index in [1.807, 2.05) is 26.0 Å². The van der Waals surface area contributed by atoms with Crippen molar-refractivity contribution in [3.63, 3.8) is 0 Å². The van der Waals surface area contributed by atoms with Crippen LogP contribution in [0.2, 0.25) is 5.02 Å². The Morgan fingerprint density at radius 3 is 2.10 bits per heavy atom. The fourth-order valence-corrected chi connectivity index (χ4v) is 16.1. The first-order chi connectivity index (χ1) is 27.1. The molecule has 0 aliphatic heterocycles. The van der Waals surface area contributed by atoms with Crippen LogP contribution in [0.25, 0.3) is 0 Å². The van der Waals surface area contributed by atoms with E-state index in [-0.39, 0.29) is 63.2 Å². The first kappa shape index (κ1) is 42.0. The summed E-state index contributed by atoms with van der Waals surface area (Å²) in [5.74, 6) is -0.347. The predicted octanol–water partition coefficient (Wildman–Crippen LogP) is 11.3. The van der Waals surface area contributed by atoms with Crippen molar-refractivity contribution in [2.45, 2.75) is 170 Å². The number of hydrogen-bond acceptors (Lipinski definition) is 5. The minimum absolute atomic E-state index is 0.0100. The molecule has 2 N–H and O–H groups in total. The van der Waals surface area contributed by atoms with Gasteiger partial charge in [0.15, 0.2) is 5.78 Å². The number of fused-ring (bicyclic) bond motifs is 7. The minimum Gasteiger partial charge on any atom is -0.481 e. The third-order valence-electron chi connectivity index (χ3n) is 19.4. The van der Waals surface area contributed by atoms with E-state index in [4.69, 9.17) is 16.3 Å². The topological polar surface area (TPSA) is 110 Å². The van der Waals surface area contributed by atoms with Crippen molar-refractivity contribution in [1.82, 2.24) is 5.32 Å². The summed E-state index contributed by atoms with van der Waals surface area (Å²) >= 11 is 6.29. The van der Waals surface area contributed by atoms with Gasteiger partial charge in [0.05, 0.1) is 17.4 Å². The highest BCUT2D eigenvalue weighted by Gasteiger charge is 2.70. The number of amides is 1. The second-order valence-electron chi connectivity index (χ2n) is 22.8. The SMILES string of the molecule is CC(C)C1=C2C3CC[C@@H]4[C@@]5(C)CC[C@H](OC(=O)[C@H]6C[C@@H](C(=O)O)C6(C)C)C(C)(C)[C@@H]5CC[C@@]4(C)[C@]3(C)CC[C@@]2(CC(=O)NC2(c3ccc(Cl)cc3)CCCC2)CC1=O. The Balaban J connectivity index is 1.05. The molecular weight excluding hydrogens is 746 g/mol. The Bertz CT molecular complexity index is 1910. The van der Waals surface area contributed by atoms with Gasteiger partial charge in [0.2, 0.25) is 5.91 Å². The third-order valence-corrected chi connectivity index (χ3v) is 19.6. The fourth-order valence-electron chi connectivity index (χ4n) is 16.0. The van der Waals surface area contributed by atoms with Gasteiger partial charge in [-0.3, -0.25) is 19.2 Å². The van der Waals surface area contributed by atoms with Gasteiger partial charge >= 0.3 is 11.9 Å². The molecule has 7 aliphatic carbocycles. The van der Waals surface area contributed by atoms with E-state index in [0.29, 0.717) is 36.1 Å². The zero-order valence-electron chi connectivity index (χ0n) is 36.8. The number of Topliss-reactive ketones (excluding diaryl/α,β-unsaturated/α-hetero) is 1. The molecule has 0 heterocycles. The quantitative estimate of drug-likeness (QED) is 0.253. The molecule has 1 aromatic rings. The van der Waals surface area contributed by atoms with Gasteiger partial charge in [-0.2, -0.15) is 0 Å². The highest BCUT2D eigenvalue weighted by Crippen LogP contribution is 2.77.